The summed E-state index contributed by atoms with van der Waals surface area (Å²) in [5.41, 5.74) is 0. The van der Waals surface area contributed by atoms with Crippen LogP contribution in [0.15, 0.2) is 0 Å². The summed E-state index contributed by atoms with van der Waals surface area (Å²) in [4.78, 5) is 23.8. The van der Waals surface area contributed by atoms with Gasteiger partial charge >= 0.3 is 12.0 Å². The van der Waals surface area contributed by atoms with Crippen molar-refractivity contribution in [1.29, 1.82) is 0 Å². The molecule has 2 amide bonds. The Morgan fingerprint density at radius 2 is 2.20 bits per heavy atom. The van der Waals surface area contributed by atoms with Crippen LogP contribution in [0.4, 0.5) is 4.79 Å². The van der Waals surface area contributed by atoms with Crippen LogP contribution in [0.3, 0.4) is 0 Å². The average molecular weight is 290 g/mol. The van der Waals surface area contributed by atoms with Gasteiger partial charge in [0.05, 0.1) is 25.4 Å². The van der Waals surface area contributed by atoms with Crippen molar-refractivity contribution >= 4 is 12.0 Å². The molecule has 0 aromatic rings. The minimum atomic E-state index is -0.973. The van der Waals surface area contributed by atoms with E-state index in [9.17, 15) is 14.7 Å². The van der Waals surface area contributed by atoms with Crippen LogP contribution < -0.4 is 5.32 Å². The number of nitrogens with one attached hydrogen (secondary N) is 1. The lowest BCUT2D eigenvalue weighted by Crippen LogP contribution is -2.44. The molecule has 8 nitrogen and oxygen atoms in total. The number of likely N-dealkylation sites (N-methyl/N-ethyl adjacent to an activating group) is 1. The molecule has 0 radical (unpaired) electrons. The molecule has 0 spiro atoms. The van der Waals surface area contributed by atoms with Crippen LogP contribution in [0.25, 0.3) is 0 Å². The van der Waals surface area contributed by atoms with E-state index in [2.05, 4.69) is 5.32 Å². The van der Waals surface area contributed by atoms with Gasteiger partial charge in [-0.25, -0.2) is 9.59 Å². The predicted octanol–water partition coefficient (Wildman–Crippen LogP) is -0.733. The van der Waals surface area contributed by atoms with Crippen LogP contribution in [-0.4, -0.2) is 79.3 Å². The Kier molecular flexibility index (Phi) is 6.69. The van der Waals surface area contributed by atoms with E-state index in [1.807, 2.05) is 0 Å². The molecule has 0 saturated carbocycles. The number of urea groups is 1. The van der Waals surface area contributed by atoms with Crippen LogP contribution in [-0.2, 0) is 14.3 Å². The third-order valence-corrected chi connectivity index (χ3v) is 3.05. The molecule has 0 aliphatic carbocycles. The normalized spacial score (nSPS) is 23.4. The first-order valence-corrected chi connectivity index (χ1v) is 6.48. The molecular formula is C12H22N2O6. The summed E-state index contributed by atoms with van der Waals surface area (Å²) in [5.74, 6) is -0.973. The van der Waals surface area contributed by atoms with Gasteiger partial charge in [-0.1, -0.05) is 0 Å². The molecule has 20 heavy (non-hydrogen) atoms. The fourth-order valence-corrected chi connectivity index (χ4v) is 2.02. The second kappa shape index (κ2) is 8.03. The van der Waals surface area contributed by atoms with Gasteiger partial charge in [0.25, 0.3) is 0 Å². The largest absolute Gasteiger partial charge is 0.479 e. The number of amides is 2. The van der Waals surface area contributed by atoms with E-state index in [1.54, 1.807) is 7.05 Å². The number of hydrogen-bond donors (Lipinski definition) is 3. The van der Waals surface area contributed by atoms with Crippen molar-refractivity contribution < 1.29 is 29.3 Å². The molecule has 0 aromatic heterocycles. The summed E-state index contributed by atoms with van der Waals surface area (Å²) in [5, 5.41) is 20.9. The second-order valence-corrected chi connectivity index (χ2v) is 4.84. The second-order valence-electron chi connectivity index (χ2n) is 4.84. The lowest BCUT2D eigenvalue weighted by molar-refractivity contribution is -0.149. The van der Waals surface area contributed by atoms with Crippen molar-refractivity contribution in [2.75, 3.05) is 33.9 Å². The number of aliphatic hydroxyl groups is 1. The number of methoxy groups -OCH3 is 1. The highest BCUT2D eigenvalue weighted by Gasteiger charge is 2.30. The number of hydrogen-bond acceptors (Lipinski definition) is 5. The molecule has 0 bridgehead atoms. The topological polar surface area (TPSA) is 108 Å². The zero-order chi connectivity index (χ0) is 15.1. The number of nitrogens with zero attached hydrogens (tertiary/aromatic N) is 1. The summed E-state index contributed by atoms with van der Waals surface area (Å²) in [6.45, 7) is 0.569. The molecule has 0 aromatic carbocycles. The maximum absolute atomic E-state index is 11.7. The lowest BCUT2D eigenvalue weighted by Gasteiger charge is -2.22. The zero-order valence-electron chi connectivity index (χ0n) is 11.7. The van der Waals surface area contributed by atoms with E-state index in [0.29, 0.717) is 12.8 Å². The lowest BCUT2D eigenvalue weighted by atomic mass is 10.2. The number of aliphatic hydroxyl groups excluding tert-OH is 1. The molecule has 1 fully saturated rings. The Labute approximate surface area is 117 Å². The SMILES string of the molecule is COCC(O)CN(C)C(=O)NCC1CCC(C(=O)O)O1. The summed E-state index contributed by atoms with van der Waals surface area (Å²) < 4.78 is 10.0. The predicted molar refractivity (Wildman–Crippen MR) is 69.4 cm³/mol. The molecule has 1 aliphatic rings. The molecule has 1 saturated heterocycles. The zero-order valence-corrected chi connectivity index (χ0v) is 11.7. The van der Waals surface area contributed by atoms with Gasteiger partial charge in [-0.05, 0) is 12.8 Å². The van der Waals surface area contributed by atoms with E-state index in [0.717, 1.165) is 0 Å². The van der Waals surface area contributed by atoms with Crippen molar-refractivity contribution in [3.8, 4) is 0 Å². The van der Waals surface area contributed by atoms with E-state index in [1.165, 1.54) is 12.0 Å². The highest BCUT2D eigenvalue weighted by molar-refractivity contribution is 5.74. The number of rotatable bonds is 7. The number of ether oxygens (including phenoxy) is 2. The first-order chi connectivity index (χ1) is 9.43. The summed E-state index contributed by atoms with van der Waals surface area (Å²) in [6.07, 6.45) is -0.740. The van der Waals surface area contributed by atoms with Crippen molar-refractivity contribution in [3.05, 3.63) is 0 Å². The van der Waals surface area contributed by atoms with E-state index < -0.39 is 18.2 Å². The van der Waals surface area contributed by atoms with Crippen molar-refractivity contribution in [1.82, 2.24) is 10.2 Å². The van der Waals surface area contributed by atoms with Gasteiger partial charge in [0.15, 0.2) is 6.10 Å². The molecule has 3 N–H and O–H groups in total. The first kappa shape index (κ1) is 16.7. The first-order valence-electron chi connectivity index (χ1n) is 6.48. The van der Waals surface area contributed by atoms with E-state index in [-0.39, 0.29) is 31.8 Å². The Hall–Kier alpha value is -1.38. The molecule has 1 rings (SSSR count). The number of aliphatic carboxylic acids is 1. The van der Waals surface area contributed by atoms with Gasteiger partial charge in [-0.2, -0.15) is 0 Å². The third kappa shape index (κ3) is 5.32. The minimum Gasteiger partial charge on any atom is -0.479 e. The molecule has 3 unspecified atom stereocenters. The maximum Gasteiger partial charge on any atom is 0.332 e. The number of carbonyl (C=O) groups excluding carboxylic acids is 1. The number of carbonyl (C=O) groups is 2. The standard InChI is InChI=1S/C12H22N2O6/c1-14(6-8(15)7-19-2)12(18)13-5-9-3-4-10(20-9)11(16)17/h8-10,15H,3-7H2,1-2H3,(H,13,18)(H,16,17). The summed E-state index contributed by atoms with van der Waals surface area (Å²) in [6, 6.07) is -0.345. The minimum absolute atomic E-state index is 0.156. The van der Waals surface area contributed by atoms with Crippen molar-refractivity contribution in [3.63, 3.8) is 0 Å². The molecule has 8 heteroatoms. The van der Waals surface area contributed by atoms with Gasteiger partial charge in [0.2, 0.25) is 0 Å². The van der Waals surface area contributed by atoms with Gasteiger partial charge in [-0.3, -0.25) is 0 Å². The fourth-order valence-electron chi connectivity index (χ4n) is 2.02. The van der Waals surface area contributed by atoms with Gasteiger partial charge in [-0.15, -0.1) is 0 Å². The van der Waals surface area contributed by atoms with Gasteiger partial charge in [0.1, 0.15) is 0 Å². The van der Waals surface area contributed by atoms with E-state index >= 15 is 0 Å². The van der Waals surface area contributed by atoms with Gasteiger partial charge < -0.3 is 29.9 Å². The average Bonchev–Trinajstić information content (AvgIpc) is 2.85. The quantitative estimate of drug-likeness (QED) is 0.570. The molecular weight excluding hydrogens is 268 g/mol. The van der Waals surface area contributed by atoms with Crippen LogP contribution in [0.2, 0.25) is 0 Å². The molecule has 116 valence electrons. The Balaban J connectivity index is 2.24. The number of carboxylic acid groups (broad SMARTS) is 1. The van der Waals surface area contributed by atoms with Crippen molar-refractivity contribution in [2.45, 2.75) is 31.2 Å². The van der Waals surface area contributed by atoms with Crippen molar-refractivity contribution in [2.24, 2.45) is 0 Å². The summed E-state index contributed by atoms with van der Waals surface area (Å²) >= 11 is 0. The Bertz CT molecular complexity index is 338. The van der Waals surface area contributed by atoms with Crippen LogP contribution in [0.5, 0.6) is 0 Å². The van der Waals surface area contributed by atoms with Crippen LogP contribution >= 0.6 is 0 Å². The third-order valence-electron chi connectivity index (χ3n) is 3.05. The monoisotopic (exact) mass is 290 g/mol. The molecule has 1 heterocycles. The molecule has 1 aliphatic heterocycles. The number of carboxylic acids is 1. The fraction of sp³-hybridized carbons (Fsp3) is 0.833. The highest BCUT2D eigenvalue weighted by Crippen LogP contribution is 2.19. The maximum atomic E-state index is 11.7. The highest BCUT2D eigenvalue weighted by atomic mass is 16.5. The van der Waals surface area contributed by atoms with Crippen LogP contribution in [0, 0.1) is 0 Å². The van der Waals surface area contributed by atoms with Crippen LogP contribution in [0.1, 0.15) is 12.8 Å². The smallest absolute Gasteiger partial charge is 0.332 e. The van der Waals surface area contributed by atoms with Gasteiger partial charge in [0, 0.05) is 20.7 Å². The molecule has 3 atom stereocenters. The Morgan fingerprint density at radius 3 is 2.75 bits per heavy atom. The Morgan fingerprint density at radius 1 is 1.50 bits per heavy atom. The van der Waals surface area contributed by atoms with E-state index in [4.69, 9.17) is 14.6 Å². The summed E-state index contributed by atoms with van der Waals surface area (Å²) in [7, 11) is 3.03.